The van der Waals surface area contributed by atoms with Gasteiger partial charge >= 0.3 is 0 Å². The van der Waals surface area contributed by atoms with Crippen molar-refractivity contribution in [2.75, 3.05) is 13.7 Å². The molecule has 0 aliphatic carbocycles. The Morgan fingerprint density at radius 3 is 2.36 bits per heavy atom. The average Bonchev–Trinajstić information content (AvgIpc) is 2.52. The molecular weight excluding hydrogens is 305 g/mol. The van der Waals surface area contributed by atoms with Gasteiger partial charge in [0.1, 0.15) is 11.6 Å². The first-order valence-corrected chi connectivity index (χ1v) is 8.30. The minimum Gasteiger partial charge on any atom is -0.497 e. The minimum atomic E-state index is -3.63. The quantitative estimate of drug-likeness (QED) is 0.821. The summed E-state index contributed by atoms with van der Waals surface area (Å²) in [7, 11) is -2.11. The Morgan fingerprint density at radius 1 is 1.14 bits per heavy atom. The normalized spacial score (nSPS) is 11.6. The van der Waals surface area contributed by atoms with Crippen molar-refractivity contribution in [3.8, 4) is 5.75 Å². The number of hydrogen-bond acceptors (Lipinski definition) is 3. The van der Waals surface area contributed by atoms with Crippen LogP contribution in [0.1, 0.15) is 12.5 Å². The van der Waals surface area contributed by atoms with Crippen molar-refractivity contribution in [3.05, 3.63) is 59.9 Å². The second kappa shape index (κ2) is 6.89. The van der Waals surface area contributed by atoms with Crippen molar-refractivity contribution in [1.29, 1.82) is 0 Å². The third-order valence-corrected chi connectivity index (χ3v) is 5.23. The third kappa shape index (κ3) is 3.64. The van der Waals surface area contributed by atoms with Gasteiger partial charge in [-0.25, -0.2) is 12.8 Å². The number of rotatable bonds is 6. The summed E-state index contributed by atoms with van der Waals surface area (Å²) < 4.78 is 44.9. The fourth-order valence-corrected chi connectivity index (χ4v) is 3.54. The van der Waals surface area contributed by atoms with Crippen molar-refractivity contribution in [2.45, 2.75) is 18.4 Å². The minimum absolute atomic E-state index is 0.128. The highest BCUT2D eigenvalue weighted by Gasteiger charge is 2.23. The van der Waals surface area contributed by atoms with Crippen LogP contribution in [0.25, 0.3) is 0 Å². The van der Waals surface area contributed by atoms with Gasteiger partial charge in [0.15, 0.2) is 0 Å². The zero-order chi connectivity index (χ0) is 16.2. The van der Waals surface area contributed by atoms with Crippen LogP contribution >= 0.6 is 0 Å². The highest BCUT2D eigenvalue weighted by molar-refractivity contribution is 7.89. The second-order valence-corrected chi connectivity index (χ2v) is 6.67. The van der Waals surface area contributed by atoms with Gasteiger partial charge in [0, 0.05) is 13.1 Å². The maximum Gasteiger partial charge on any atom is 0.243 e. The molecule has 0 heterocycles. The van der Waals surface area contributed by atoms with E-state index in [4.69, 9.17) is 4.74 Å². The number of sulfonamides is 1. The van der Waals surface area contributed by atoms with E-state index in [9.17, 15) is 12.8 Å². The van der Waals surface area contributed by atoms with Crippen LogP contribution in [0.3, 0.4) is 0 Å². The highest BCUT2D eigenvalue weighted by Crippen LogP contribution is 2.21. The highest BCUT2D eigenvalue weighted by atomic mass is 32.2. The maximum absolute atomic E-state index is 13.2. The van der Waals surface area contributed by atoms with Crippen molar-refractivity contribution in [2.24, 2.45) is 0 Å². The summed E-state index contributed by atoms with van der Waals surface area (Å²) in [5.41, 5.74) is 0.610. The number of hydrogen-bond donors (Lipinski definition) is 0. The molecule has 0 unspecified atom stereocenters. The SMILES string of the molecule is CCN(Cc1cccc(F)c1)S(=O)(=O)c1ccc(OC)cc1. The van der Waals surface area contributed by atoms with Gasteiger partial charge < -0.3 is 4.74 Å². The molecule has 2 aromatic carbocycles. The number of benzene rings is 2. The van der Waals surface area contributed by atoms with Gasteiger partial charge in [-0.3, -0.25) is 0 Å². The summed E-state index contributed by atoms with van der Waals surface area (Å²) in [6.45, 7) is 2.17. The Bertz CT molecular complexity index is 729. The van der Waals surface area contributed by atoms with E-state index >= 15 is 0 Å². The third-order valence-electron chi connectivity index (χ3n) is 3.30. The van der Waals surface area contributed by atoms with Crippen LogP contribution in [0.15, 0.2) is 53.4 Å². The molecular formula is C16H18FNO3S. The lowest BCUT2D eigenvalue weighted by atomic mass is 10.2. The summed E-state index contributed by atoms with van der Waals surface area (Å²) in [5, 5.41) is 0. The molecule has 0 radical (unpaired) electrons. The lowest BCUT2D eigenvalue weighted by Gasteiger charge is -2.20. The first-order chi connectivity index (χ1) is 10.5. The molecule has 0 bridgehead atoms. The van der Waals surface area contributed by atoms with Crippen LogP contribution in [-0.2, 0) is 16.6 Å². The second-order valence-electron chi connectivity index (χ2n) is 4.74. The molecule has 0 atom stereocenters. The van der Waals surface area contributed by atoms with Crippen molar-refractivity contribution in [1.82, 2.24) is 4.31 Å². The average molecular weight is 323 g/mol. The zero-order valence-corrected chi connectivity index (χ0v) is 13.3. The molecule has 6 heteroatoms. The van der Waals surface area contributed by atoms with Gasteiger partial charge in [0.25, 0.3) is 0 Å². The van der Waals surface area contributed by atoms with Gasteiger partial charge in [-0.2, -0.15) is 4.31 Å². The molecule has 118 valence electrons. The molecule has 22 heavy (non-hydrogen) atoms. The Balaban J connectivity index is 2.27. The Morgan fingerprint density at radius 2 is 1.82 bits per heavy atom. The van der Waals surface area contributed by atoms with E-state index in [2.05, 4.69) is 0 Å². The van der Waals surface area contributed by atoms with E-state index in [1.54, 1.807) is 31.2 Å². The Hall–Kier alpha value is -1.92. The van der Waals surface area contributed by atoms with Gasteiger partial charge in [0.05, 0.1) is 12.0 Å². The van der Waals surface area contributed by atoms with Gasteiger partial charge in [-0.05, 0) is 42.0 Å². The van der Waals surface area contributed by atoms with E-state index in [0.29, 0.717) is 17.9 Å². The molecule has 0 aromatic heterocycles. The standard InChI is InChI=1S/C16H18FNO3S/c1-3-18(12-13-5-4-6-14(17)11-13)22(19,20)16-9-7-15(21-2)8-10-16/h4-11H,3,12H2,1-2H3. The van der Waals surface area contributed by atoms with Crippen molar-refractivity contribution in [3.63, 3.8) is 0 Å². The van der Waals surface area contributed by atoms with E-state index in [1.165, 1.54) is 35.7 Å². The molecule has 0 amide bonds. The zero-order valence-electron chi connectivity index (χ0n) is 12.5. The Labute approximate surface area is 130 Å². The van der Waals surface area contributed by atoms with Crippen LogP contribution in [-0.4, -0.2) is 26.4 Å². The van der Waals surface area contributed by atoms with E-state index in [1.807, 2.05) is 0 Å². The molecule has 2 aromatic rings. The summed E-state index contributed by atoms with van der Waals surface area (Å²) in [5.74, 6) is 0.211. The summed E-state index contributed by atoms with van der Waals surface area (Å²) in [4.78, 5) is 0.187. The number of ether oxygens (including phenoxy) is 1. The largest absolute Gasteiger partial charge is 0.497 e. The Kier molecular flexibility index (Phi) is 5.15. The predicted octanol–water partition coefficient (Wildman–Crippen LogP) is 3.05. The molecule has 0 saturated carbocycles. The summed E-state index contributed by atoms with van der Waals surface area (Å²) >= 11 is 0. The van der Waals surface area contributed by atoms with Gasteiger partial charge in [-0.15, -0.1) is 0 Å². The fraction of sp³-hybridized carbons (Fsp3) is 0.250. The van der Waals surface area contributed by atoms with Crippen LogP contribution in [0.4, 0.5) is 4.39 Å². The van der Waals surface area contributed by atoms with E-state index < -0.39 is 10.0 Å². The molecule has 0 saturated heterocycles. The number of halogens is 1. The van der Waals surface area contributed by atoms with Gasteiger partial charge in [-0.1, -0.05) is 19.1 Å². The molecule has 0 fully saturated rings. The molecule has 0 aliphatic rings. The molecule has 2 rings (SSSR count). The maximum atomic E-state index is 13.2. The molecule has 0 spiro atoms. The van der Waals surface area contributed by atoms with Gasteiger partial charge in [0.2, 0.25) is 10.0 Å². The fourth-order valence-electron chi connectivity index (χ4n) is 2.10. The molecule has 0 aliphatic heterocycles. The monoisotopic (exact) mass is 323 g/mol. The number of methoxy groups -OCH3 is 1. The van der Waals surface area contributed by atoms with Crippen LogP contribution in [0.2, 0.25) is 0 Å². The van der Waals surface area contributed by atoms with E-state index in [-0.39, 0.29) is 17.3 Å². The summed E-state index contributed by atoms with van der Waals surface area (Å²) in [6.07, 6.45) is 0. The van der Waals surface area contributed by atoms with Crippen LogP contribution in [0, 0.1) is 5.82 Å². The smallest absolute Gasteiger partial charge is 0.243 e. The first kappa shape index (κ1) is 16.5. The van der Waals surface area contributed by atoms with Crippen LogP contribution < -0.4 is 4.74 Å². The topological polar surface area (TPSA) is 46.6 Å². The predicted molar refractivity (Wildman–Crippen MR) is 82.7 cm³/mol. The summed E-state index contributed by atoms with van der Waals surface area (Å²) in [6, 6.07) is 12.1. The van der Waals surface area contributed by atoms with E-state index in [0.717, 1.165) is 0 Å². The van der Waals surface area contributed by atoms with Crippen molar-refractivity contribution < 1.29 is 17.5 Å². The lowest BCUT2D eigenvalue weighted by molar-refractivity contribution is 0.413. The molecule has 4 nitrogen and oxygen atoms in total. The lowest BCUT2D eigenvalue weighted by Crippen LogP contribution is -2.30. The van der Waals surface area contributed by atoms with Crippen LogP contribution in [0.5, 0.6) is 5.75 Å². The number of nitrogens with zero attached hydrogens (tertiary/aromatic N) is 1. The molecule has 0 N–H and O–H groups in total. The van der Waals surface area contributed by atoms with Crippen molar-refractivity contribution >= 4 is 10.0 Å². The first-order valence-electron chi connectivity index (χ1n) is 6.86.